The van der Waals surface area contributed by atoms with Crippen LogP contribution in [-0.2, 0) is 14.3 Å². The van der Waals surface area contributed by atoms with E-state index in [2.05, 4.69) is 0 Å². The van der Waals surface area contributed by atoms with E-state index < -0.39 is 11.9 Å². The molecule has 6 nitrogen and oxygen atoms in total. The molecule has 0 bridgehead atoms. The lowest BCUT2D eigenvalue weighted by atomic mass is 9.98. The Morgan fingerprint density at radius 1 is 1.04 bits per heavy atom. The van der Waals surface area contributed by atoms with Gasteiger partial charge in [0.05, 0.1) is 11.5 Å². The quantitative estimate of drug-likeness (QED) is 0.810. The van der Waals surface area contributed by atoms with Crippen molar-refractivity contribution in [1.82, 2.24) is 4.90 Å². The fourth-order valence-corrected chi connectivity index (χ4v) is 2.90. The molecule has 1 amide bonds. The highest BCUT2D eigenvalue weighted by Gasteiger charge is 2.36. The van der Waals surface area contributed by atoms with E-state index in [1.807, 2.05) is 6.07 Å². The average molecular weight is 350 g/mol. The monoisotopic (exact) mass is 350 g/mol. The Labute approximate surface area is 150 Å². The predicted octanol–water partition coefficient (Wildman–Crippen LogP) is 2.38. The van der Waals surface area contributed by atoms with Crippen molar-refractivity contribution in [2.75, 3.05) is 13.2 Å². The zero-order valence-corrected chi connectivity index (χ0v) is 14.3. The van der Waals surface area contributed by atoms with Crippen LogP contribution in [0.1, 0.15) is 34.3 Å². The number of rotatable bonds is 6. The molecule has 26 heavy (non-hydrogen) atoms. The zero-order valence-electron chi connectivity index (χ0n) is 14.3. The maximum absolute atomic E-state index is 12.6. The third kappa shape index (κ3) is 3.39. The summed E-state index contributed by atoms with van der Waals surface area (Å²) in [5.74, 6) is -1.89. The highest BCUT2D eigenvalue weighted by Crippen LogP contribution is 2.27. The molecule has 1 unspecified atom stereocenters. The van der Waals surface area contributed by atoms with Crippen molar-refractivity contribution in [3.8, 4) is 0 Å². The van der Waals surface area contributed by atoms with E-state index in [9.17, 15) is 14.4 Å². The first-order chi connectivity index (χ1) is 12.5. The molecular weight excluding hydrogens is 332 g/mol. The van der Waals surface area contributed by atoms with E-state index in [4.69, 9.17) is 10.1 Å². The lowest BCUT2D eigenvalue weighted by Gasteiger charge is -2.23. The Morgan fingerprint density at radius 2 is 1.65 bits per heavy atom. The zero-order chi connectivity index (χ0) is 18.7. The third-order valence-corrected chi connectivity index (χ3v) is 4.20. The molecule has 2 aromatic rings. The van der Waals surface area contributed by atoms with Crippen molar-refractivity contribution >= 4 is 23.5 Å². The molecule has 0 fully saturated rings. The minimum Gasteiger partial charge on any atom is -0.457 e. The van der Waals surface area contributed by atoms with Gasteiger partial charge in [0.1, 0.15) is 12.4 Å². The van der Waals surface area contributed by atoms with E-state index >= 15 is 0 Å². The molecule has 0 aliphatic carbocycles. The van der Waals surface area contributed by atoms with Crippen molar-refractivity contribution in [3.63, 3.8) is 0 Å². The van der Waals surface area contributed by atoms with Crippen LogP contribution in [0.15, 0.2) is 54.6 Å². The van der Waals surface area contributed by atoms with Crippen LogP contribution in [0.4, 0.5) is 0 Å². The summed E-state index contributed by atoms with van der Waals surface area (Å²) in [6.45, 7) is 1.00. The SMILES string of the molecule is CC(=O)COC(=O)C(CN1C(=N)c2ccccc2C1=O)c1ccccc1. The standard InChI is InChI=1S/C20H18N2O4/c1-13(23)12-26-20(25)17(14-7-3-2-4-8-14)11-22-18(21)15-9-5-6-10-16(15)19(22)24/h2-10,17,21H,11-12H2,1H3. The summed E-state index contributed by atoms with van der Waals surface area (Å²) in [7, 11) is 0. The number of ketones is 1. The number of amides is 1. The van der Waals surface area contributed by atoms with E-state index in [1.54, 1.807) is 48.5 Å². The normalized spacial score (nSPS) is 14.1. The number of benzene rings is 2. The Hall–Kier alpha value is -3.28. The van der Waals surface area contributed by atoms with Crippen molar-refractivity contribution in [3.05, 3.63) is 71.3 Å². The van der Waals surface area contributed by atoms with Gasteiger partial charge in [0.2, 0.25) is 0 Å². The van der Waals surface area contributed by atoms with E-state index in [0.717, 1.165) is 0 Å². The van der Waals surface area contributed by atoms with Gasteiger partial charge in [0.25, 0.3) is 5.91 Å². The summed E-state index contributed by atoms with van der Waals surface area (Å²) < 4.78 is 5.08. The number of carbonyl (C=O) groups excluding carboxylic acids is 3. The number of Topliss-reactive ketones (excluding diaryl/α,β-unsaturated/α-hetero) is 1. The molecule has 0 aromatic heterocycles. The van der Waals surface area contributed by atoms with Gasteiger partial charge in [0, 0.05) is 12.1 Å². The highest BCUT2D eigenvalue weighted by atomic mass is 16.5. The maximum Gasteiger partial charge on any atom is 0.315 e. The molecule has 6 heteroatoms. The van der Waals surface area contributed by atoms with Crippen LogP contribution >= 0.6 is 0 Å². The molecule has 3 rings (SSSR count). The van der Waals surface area contributed by atoms with Crippen LogP contribution in [0.5, 0.6) is 0 Å². The highest BCUT2D eigenvalue weighted by molar-refractivity contribution is 6.22. The van der Waals surface area contributed by atoms with Crippen LogP contribution in [-0.4, -0.2) is 41.5 Å². The number of hydrogen-bond donors (Lipinski definition) is 1. The van der Waals surface area contributed by atoms with Crippen LogP contribution < -0.4 is 0 Å². The minimum atomic E-state index is -0.783. The first kappa shape index (κ1) is 17.5. The van der Waals surface area contributed by atoms with Gasteiger partial charge in [0.15, 0.2) is 5.78 Å². The molecule has 1 heterocycles. The smallest absolute Gasteiger partial charge is 0.315 e. The number of nitrogens with zero attached hydrogens (tertiary/aromatic N) is 1. The van der Waals surface area contributed by atoms with Gasteiger partial charge in [-0.3, -0.25) is 24.7 Å². The van der Waals surface area contributed by atoms with Gasteiger partial charge in [-0.1, -0.05) is 48.5 Å². The van der Waals surface area contributed by atoms with Gasteiger partial charge < -0.3 is 4.74 Å². The largest absolute Gasteiger partial charge is 0.457 e. The molecule has 0 saturated carbocycles. The third-order valence-electron chi connectivity index (χ3n) is 4.20. The van der Waals surface area contributed by atoms with E-state index in [1.165, 1.54) is 11.8 Å². The lowest BCUT2D eigenvalue weighted by Crippen LogP contribution is -2.37. The van der Waals surface area contributed by atoms with Gasteiger partial charge in [-0.05, 0) is 18.6 Å². The van der Waals surface area contributed by atoms with Crippen molar-refractivity contribution in [1.29, 1.82) is 5.41 Å². The molecule has 132 valence electrons. The Bertz CT molecular complexity index is 841. The number of amidine groups is 1. The molecule has 0 saturated heterocycles. The van der Waals surface area contributed by atoms with E-state index in [0.29, 0.717) is 16.7 Å². The molecule has 1 N–H and O–H groups in total. The second-order valence-corrected chi connectivity index (χ2v) is 6.08. The molecule has 1 aliphatic rings. The number of carbonyl (C=O) groups is 3. The summed E-state index contributed by atoms with van der Waals surface area (Å²) in [6, 6.07) is 15.8. The Balaban J connectivity index is 1.87. The van der Waals surface area contributed by atoms with Crippen LogP contribution in [0.2, 0.25) is 0 Å². The van der Waals surface area contributed by atoms with E-state index in [-0.39, 0.29) is 30.7 Å². The summed E-state index contributed by atoms with van der Waals surface area (Å²) in [5, 5.41) is 8.28. The number of hydrogen-bond acceptors (Lipinski definition) is 5. The summed E-state index contributed by atoms with van der Waals surface area (Å²) in [4.78, 5) is 37.6. The van der Waals surface area contributed by atoms with Crippen LogP contribution in [0, 0.1) is 5.41 Å². The van der Waals surface area contributed by atoms with Gasteiger partial charge in [-0.2, -0.15) is 0 Å². The first-order valence-corrected chi connectivity index (χ1v) is 8.20. The van der Waals surface area contributed by atoms with Gasteiger partial charge in [-0.25, -0.2) is 0 Å². The lowest BCUT2D eigenvalue weighted by molar-refractivity contribution is -0.149. The maximum atomic E-state index is 12.6. The topological polar surface area (TPSA) is 87.5 Å². The second-order valence-electron chi connectivity index (χ2n) is 6.08. The molecular formula is C20H18N2O4. The van der Waals surface area contributed by atoms with Crippen molar-refractivity contribution in [2.45, 2.75) is 12.8 Å². The molecule has 0 radical (unpaired) electrons. The average Bonchev–Trinajstić information content (AvgIpc) is 2.89. The van der Waals surface area contributed by atoms with Crippen molar-refractivity contribution in [2.24, 2.45) is 0 Å². The molecule has 2 aromatic carbocycles. The number of ether oxygens (including phenoxy) is 1. The second kappa shape index (κ2) is 7.31. The molecule has 0 spiro atoms. The Kier molecular flexibility index (Phi) is 4.93. The Morgan fingerprint density at radius 3 is 2.27 bits per heavy atom. The molecule has 1 aliphatic heterocycles. The predicted molar refractivity (Wildman–Crippen MR) is 95.1 cm³/mol. The molecule has 1 atom stereocenters. The minimum absolute atomic E-state index is 0.0207. The summed E-state index contributed by atoms with van der Waals surface area (Å²) in [6.07, 6.45) is 0. The fraction of sp³-hybridized carbons (Fsp3) is 0.200. The van der Waals surface area contributed by atoms with Crippen LogP contribution in [0.25, 0.3) is 0 Å². The summed E-state index contributed by atoms with van der Waals surface area (Å²) >= 11 is 0. The first-order valence-electron chi connectivity index (χ1n) is 8.20. The van der Waals surface area contributed by atoms with Crippen LogP contribution in [0.3, 0.4) is 0 Å². The van der Waals surface area contributed by atoms with Gasteiger partial charge in [-0.15, -0.1) is 0 Å². The van der Waals surface area contributed by atoms with Crippen molar-refractivity contribution < 1.29 is 19.1 Å². The number of esters is 1. The fourth-order valence-electron chi connectivity index (χ4n) is 2.90. The summed E-state index contributed by atoms with van der Waals surface area (Å²) in [5.41, 5.74) is 1.65. The van der Waals surface area contributed by atoms with Gasteiger partial charge >= 0.3 is 5.97 Å². The number of fused-ring (bicyclic) bond motifs is 1. The number of nitrogens with one attached hydrogen (secondary N) is 1.